The smallest absolute Gasteiger partial charge is 0.253 e. The first-order valence-corrected chi connectivity index (χ1v) is 8.10. The van der Waals surface area contributed by atoms with Crippen molar-refractivity contribution in [1.82, 2.24) is 9.80 Å². The number of piperazine rings is 1. The number of likely N-dealkylation sites (tertiary alicyclic amines) is 1. The molecule has 0 radical (unpaired) electrons. The third kappa shape index (κ3) is 3.40. The third-order valence-electron chi connectivity index (χ3n) is 4.69. The Morgan fingerprint density at radius 1 is 1.00 bits per heavy atom. The van der Waals surface area contributed by atoms with E-state index >= 15 is 0 Å². The van der Waals surface area contributed by atoms with Crippen LogP contribution in [0.5, 0.6) is 0 Å². The van der Waals surface area contributed by atoms with E-state index < -0.39 is 6.17 Å². The van der Waals surface area contributed by atoms with Gasteiger partial charge in [0.1, 0.15) is 6.17 Å². The van der Waals surface area contributed by atoms with Gasteiger partial charge in [-0.15, -0.1) is 0 Å². The van der Waals surface area contributed by atoms with E-state index in [4.69, 9.17) is 0 Å². The highest BCUT2D eigenvalue weighted by Crippen LogP contribution is 2.20. The van der Waals surface area contributed by atoms with Crippen molar-refractivity contribution in [2.45, 2.75) is 19.0 Å². The summed E-state index contributed by atoms with van der Waals surface area (Å²) in [6, 6.07) is 7.86. The van der Waals surface area contributed by atoms with E-state index in [0.29, 0.717) is 31.5 Å². The van der Waals surface area contributed by atoms with Gasteiger partial charge in [-0.05, 0) is 44.2 Å². The predicted molar refractivity (Wildman–Crippen MR) is 86.2 cm³/mol. The summed E-state index contributed by atoms with van der Waals surface area (Å²) < 4.78 is 13.2. The average molecular weight is 305 g/mol. The first kappa shape index (κ1) is 15.3. The molecule has 1 amide bonds. The number of nitrogens with zero attached hydrogens (tertiary/aromatic N) is 3. The highest BCUT2D eigenvalue weighted by Gasteiger charge is 2.23. The predicted octanol–water partition coefficient (Wildman–Crippen LogP) is 2.01. The zero-order chi connectivity index (χ0) is 15.5. The highest BCUT2D eigenvalue weighted by atomic mass is 19.1. The number of likely N-dealkylation sites (N-methyl/N-ethyl adjacent to an activating group) is 1. The van der Waals surface area contributed by atoms with Crippen molar-refractivity contribution < 1.29 is 9.18 Å². The fourth-order valence-corrected chi connectivity index (χ4v) is 3.11. The number of rotatable bonds is 2. The molecule has 5 heteroatoms. The van der Waals surface area contributed by atoms with Gasteiger partial charge in [0.25, 0.3) is 5.91 Å². The van der Waals surface area contributed by atoms with Crippen molar-refractivity contribution in [3.05, 3.63) is 29.8 Å². The van der Waals surface area contributed by atoms with E-state index in [1.165, 1.54) is 5.69 Å². The van der Waals surface area contributed by atoms with Gasteiger partial charge in [-0.3, -0.25) is 4.79 Å². The van der Waals surface area contributed by atoms with Gasteiger partial charge in [-0.1, -0.05) is 0 Å². The Morgan fingerprint density at radius 2 is 1.59 bits per heavy atom. The molecule has 0 bridgehead atoms. The first-order valence-electron chi connectivity index (χ1n) is 8.10. The number of carbonyl (C=O) groups is 1. The fraction of sp³-hybridized carbons (Fsp3) is 0.588. The molecule has 1 aromatic carbocycles. The second-order valence-corrected chi connectivity index (χ2v) is 6.30. The van der Waals surface area contributed by atoms with Crippen LogP contribution in [0.4, 0.5) is 10.1 Å². The van der Waals surface area contributed by atoms with Gasteiger partial charge >= 0.3 is 0 Å². The third-order valence-corrected chi connectivity index (χ3v) is 4.69. The van der Waals surface area contributed by atoms with E-state index in [1.807, 2.05) is 24.3 Å². The maximum Gasteiger partial charge on any atom is 0.253 e. The van der Waals surface area contributed by atoms with Gasteiger partial charge in [-0.2, -0.15) is 0 Å². The Balaban J connectivity index is 1.62. The van der Waals surface area contributed by atoms with Gasteiger partial charge < -0.3 is 14.7 Å². The first-order chi connectivity index (χ1) is 10.6. The van der Waals surface area contributed by atoms with Crippen LogP contribution in [0.15, 0.2) is 24.3 Å². The van der Waals surface area contributed by atoms with Crippen LogP contribution in [0.25, 0.3) is 0 Å². The van der Waals surface area contributed by atoms with E-state index in [0.717, 1.165) is 26.2 Å². The maximum absolute atomic E-state index is 13.2. The number of benzene rings is 1. The molecule has 2 aliphatic heterocycles. The lowest BCUT2D eigenvalue weighted by Gasteiger charge is -2.34. The van der Waals surface area contributed by atoms with E-state index in [1.54, 1.807) is 4.90 Å². The topological polar surface area (TPSA) is 26.8 Å². The number of alkyl halides is 1. The van der Waals surface area contributed by atoms with Crippen LogP contribution in [0.2, 0.25) is 0 Å². The summed E-state index contributed by atoms with van der Waals surface area (Å²) in [5, 5.41) is 0. The molecule has 0 aliphatic carbocycles. The van der Waals surface area contributed by atoms with Crippen LogP contribution in [-0.4, -0.2) is 68.2 Å². The normalized spacial score (nSPS) is 21.2. The average Bonchev–Trinajstić information content (AvgIpc) is 2.56. The molecule has 0 aromatic heterocycles. The molecule has 0 saturated carbocycles. The van der Waals surface area contributed by atoms with Crippen LogP contribution in [0.3, 0.4) is 0 Å². The van der Waals surface area contributed by atoms with Gasteiger partial charge in [0.15, 0.2) is 0 Å². The molecule has 1 aromatic rings. The lowest BCUT2D eigenvalue weighted by molar-refractivity contribution is 0.0667. The molecule has 4 nitrogen and oxygen atoms in total. The van der Waals surface area contributed by atoms with E-state index in [-0.39, 0.29) is 5.91 Å². The van der Waals surface area contributed by atoms with Gasteiger partial charge in [-0.25, -0.2) is 4.39 Å². The van der Waals surface area contributed by atoms with Crippen molar-refractivity contribution in [1.29, 1.82) is 0 Å². The summed E-state index contributed by atoms with van der Waals surface area (Å²) >= 11 is 0. The Hall–Kier alpha value is -1.62. The maximum atomic E-state index is 13.2. The van der Waals surface area contributed by atoms with E-state index in [2.05, 4.69) is 16.8 Å². The molecule has 0 atom stereocenters. The summed E-state index contributed by atoms with van der Waals surface area (Å²) in [6.07, 6.45) is 0.180. The van der Waals surface area contributed by atoms with Crippen LogP contribution in [-0.2, 0) is 0 Å². The van der Waals surface area contributed by atoms with Crippen LogP contribution < -0.4 is 4.90 Å². The second-order valence-electron chi connectivity index (χ2n) is 6.30. The number of halogens is 1. The fourth-order valence-electron chi connectivity index (χ4n) is 3.11. The summed E-state index contributed by atoms with van der Waals surface area (Å²) in [5.74, 6) is 0.0248. The summed E-state index contributed by atoms with van der Waals surface area (Å²) in [4.78, 5) is 18.9. The number of carbonyl (C=O) groups excluding carboxylic acids is 1. The molecule has 2 heterocycles. The molecule has 0 N–H and O–H groups in total. The minimum absolute atomic E-state index is 0.0248. The quantitative estimate of drug-likeness (QED) is 0.836. The van der Waals surface area contributed by atoms with Gasteiger partial charge in [0.2, 0.25) is 0 Å². The molecule has 0 spiro atoms. The SMILES string of the molecule is CN1CCN(c2ccc(C(=O)N3CCC(F)CC3)cc2)CC1. The largest absolute Gasteiger partial charge is 0.369 e. The number of hydrogen-bond acceptors (Lipinski definition) is 3. The van der Waals surface area contributed by atoms with Crippen molar-refractivity contribution >= 4 is 11.6 Å². The Kier molecular flexibility index (Phi) is 4.62. The van der Waals surface area contributed by atoms with Crippen molar-refractivity contribution in [2.75, 3.05) is 51.2 Å². The summed E-state index contributed by atoms with van der Waals surface area (Å²) in [6.45, 7) is 5.24. The molecule has 0 unspecified atom stereocenters. The molecule has 120 valence electrons. The van der Waals surface area contributed by atoms with Gasteiger partial charge in [0, 0.05) is 50.5 Å². The lowest BCUT2D eigenvalue weighted by Crippen LogP contribution is -2.44. The highest BCUT2D eigenvalue weighted by molar-refractivity contribution is 5.94. The minimum Gasteiger partial charge on any atom is -0.369 e. The molecular weight excluding hydrogens is 281 g/mol. The van der Waals surface area contributed by atoms with Crippen LogP contribution >= 0.6 is 0 Å². The standard InChI is InChI=1S/C17H24FN3O/c1-19-10-12-20(13-11-19)16-4-2-14(3-5-16)17(22)21-8-6-15(18)7-9-21/h2-5,15H,6-13H2,1H3. The zero-order valence-corrected chi connectivity index (χ0v) is 13.2. The Labute approximate surface area is 131 Å². The molecule has 2 saturated heterocycles. The van der Waals surface area contributed by atoms with Crippen molar-refractivity contribution in [2.24, 2.45) is 0 Å². The summed E-state index contributed by atoms with van der Waals surface area (Å²) in [5.41, 5.74) is 1.88. The molecule has 2 aliphatic rings. The molecule has 3 rings (SSSR count). The number of piperidine rings is 1. The van der Waals surface area contributed by atoms with Crippen molar-refractivity contribution in [3.8, 4) is 0 Å². The molecular formula is C17H24FN3O. The molecule has 2 fully saturated rings. The van der Waals surface area contributed by atoms with Crippen LogP contribution in [0.1, 0.15) is 23.2 Å². The second kappa shape index (κ2) is 6.65. The van der Waals surface area contributed by atoms with Crippen LogP contribution in [0, 0.1) is 0 Å². The molecule has 22 heavy (non-hydrogen) atoms. The summed E-state index contributed by atoms with van der Waals surface area (Å²) in [7, 11) is 2.14. The monoisotopic (exact) mass is 305 g/mol. The number of anilines is 1. The Bertz CT molecular complexity index is 503. The van der Waals surface area contributed by atoms with Crippen molar-refractivity contribution in [3.63, 3.8) is 0 Å². The lowest BCUT2D eigenvalue weighted by atomic mass is 10.1. The van der Waals surface area contributed by atoms with E-state index in [9.17, 15) is 9.18 Å². The number of amides is 1. The Morgan fingerprint density at radius 3 is 2.18 bits per heavy atom. The minimum atomic E-state index is -0.747. The van der Waals surface area contributed by atoms with Gasteiger partial charge in [0.05, 0.1) is 0 Å². The number of hydrogen-bond donors (Lipinski definition) is 0. The zero-order valence-electron chi connectivity index (χ0n) is 13.2.